The smallest absolute Gasteiger partial charge is 0.413 e. The largest absolute Gasteiger partial charge is 0.450 e. The number of carbonyl (C=O) groups is 2. The van der Waals surface area contributed by atoms with Crippen LogP contribution in [0.1, 0.15) is 44.0 Å². The van der Waals surface area contributed by atoms with Gasteiger partial charge in [0.2, 0.25) is 5.91 Å². The highest BCUT2D eigenvalue weighted by atomic mass is 32.1. The number of amides is 2. The molecule has 2 aromatic rings. The summed E-state index contributed by atoms with van der Waals surface area (Å²) in [5.41, 5.74) is 1.12. The third-order valence-corrected chi connectivity index (χ3v) is 5.95. The molecule has 0 aliphatic carbocycles. The van der Waals surface area contributed by atoms with Crippen molar-refractivity contribution < 1.29 is 14.3 Å². The number of nitrogens with zero attached hydrogens (tertiary/aromatic N) is 4. The maximum atomic E-state index is 12.3. The van der Waals surface area contributed by atoms with Crippen molar-refractivity contribution in [1.29, 1.82) is 0 Å². The van der Waals surface area contributed by atoms with Crippen LogP contribution in [0.3, 0.4) is 0 Å². The first-order valence-electron chi connectivity index (χ1n) is 10.0. The molecular formula is C20H31N5O3S. The van der Waals surface area contributed by atoms with Crippen LogP contribution in [-0.4, -0.2) is 59.7 Å². The first-order chi connectivity index (χ1) is 13.8. The second-order valence-electron chi connectivity index (χ2n) is 6.67. The van der Waals surface area contributed by atoms with Gasteiger partial charge in [-0.3, -0.25) is 15.0 Å². The molecule has 8 nitrogen and oxygen atoms in total. The molecule has 2 rings (SSSR count). The van der Waals surface area contributed by atoms with Gasteiger partial charge in [0, 0.05) is 11.4 Å². The van der Waals surface area contributed by atoms with Gasteiger partial charge in [0.15, 0.2) is 0 Å². The van der Waals surface area contributed by atoms with Gasteiger partial charge in [0.05, 0.1) is 25.1 Å². The first kappa shape index (κ1) is 23.0. The van der Waals surface area contributed by atoms with Gasteiger partial charge in [0.25, 0.3) is 0 Å². The second-order valence-corrected chi connectivity index (χ2v) is 7.87. The molecular weight excluding hydrogens is 390 g/mol. The number of hydrogen-bond acceptors (Lipinski definition) is 8. The van der Waals surface area contributed by atoms with E-state index in [0.717, 1.165) is 40.5 Å². The van der Waals surface area contributed by atoms with E-state index in [1.54, 1.807) is 18.3 Å². The summed E-state index contributed by atoms with van der Waals surface area (Å²) < 4.78 is 4.79. The number of nitrogens with one attached hydrogen (secondary N) is 1. The number of likely N-dealkylation sites (N-methyl/N-ethyl adjacent to an activating group) is 1. The fourth-order valence-corrected chi connectivity index (χ4v) is 4.09. The summed E-state index contributed by atoms with van der Waals surface area (Å²) in [5.74, 6) is 1.05. The van der Waals surface area contributed by atoms with Crippen LogP contribution in [-0.2, 0) is 16.1 Å². The van der Waals surface area contributed by atoms with Crippen LogP contribution in [0.4, 0.5) is 10.6 Å². The topological polar surface area (TPSA) is 87.7 Å². The Morgan fingerprint density at radius 1 is 1.07 bits per heavy atom. The number of thiophene rings is 1. The maximum Gasteiger partial charge on any atom is 0.413 e. The number of imide groups is 1. The van der Waals surface area contributed by atoms with Crippen molar-refractivity contribution in [1.82, 2.24) is 20.2 Å². The van der Waals surface area contributed by atoms with Gasteiger partial charge in [-0.2, -0.15) is 0 Å². The Labute approximate surface area is 176 Å². The number of ether oxygens (including phenoxy) is 1. The monoisotopic (exact) mass is 421 g/mol. The zero-order valence-electron chi connectivity index (χ0n) is 18.2. The molecule has 0 radical (unpaired) electrons. The summed E-state index contributed by atoms with van der Waals surface area (Å²) >= 11 is 1.64. The zero-order valence-corrected chi connectivity index (χ0v) is 19.0. The van der Waals surface area contributed by atoms with E-state index < -0.39 is 12.0 Å². The number of aromatic nitrogens is 2. The molecule has 0 saturated heterocycles. The van der Waals surface area contributed by atoms with Crippen molar-refractivity contribution >= 4 is 39.4 Å². The molecule has 9 heteroatoms. The normalized spacial score (nSPS) is 11.1. The molecule has 0 aliphatic rings. The van der Waals surface area contributed by atoms with Gasteiger partial charge in [-0.1, -0.05) is 13.8 Å². The van der Waals surface area contributed by atoms with Crippen LogP contribution in [0.2, 0.25) is 0 Å². The number of carbonyl (C=O) groups excluding carboxylic acids is 2. The van der Waals surface area contributed by atoms with Crippen LogP contribution >= 0.6 is 11.3 Å². The molecule has 0 saturated carbocycles. The maximum absolute atomic E-state index is 12.3. The van der Waals surface area contributed by atoms with Crippen LogP contribution < -0.4 is 10.2 Å². The lowest BCUT2D eigenvalue weighted by molar-refractivity contribution is -0.119. The Hall–Kier alpha value is -2.26. The predicted molar refractivity (Wildman–Crippen MR) is 117 cm³/mol. The molecule has 2 aromatic heterocycles. The zero-order chi connectivity index (χ0) is 21.6. The average Bonchev–Trinajstić information content (AvgIpc) is 2.97. The van der Waals surface area contributed by atoms with E-state index in [4.69, 9.17) is 14.7 Å². The van der Waals surface area contributed by atoms with Crippen molar-refractivity contribution in [3.05, 3.63) is 16.3 Å². The summed E-state index contributed by atoms with van der Waals surface area (Å²) in [7, 11) is 0. The van der Waals surface area contributed by atoms with E-state index in [9.17, 15) is 9.59 Å². The molecule has 0 aromatic carbocycles. The SMILES string of the molecule is CCOC(=O)NC(=O)CN(CC)c1nc(CN(CC)CC)nc2sc(C)c(C)c12. The van der Waals surface area contributed by atoms with Gasteiger partial charge >= 0.3 is 6.09 Å². The van der Waals surface area contributed by atoms with Crippen molar-refractivity contribution in [2.75, 3.05) is 37.7 Å². The fourth-order valence-electron chi connectivity index (χ4n) is 3.05. The van der Waals surface area contributed by atoms with Crippen molar-refractivity contribution in [3.63, 3.8) is 0 Å². The molecule has 160 valence electrons. The molecule has 0 atom stereocenters. The molecule has 1 N–H and O–H groups in total. The number of alkyl carbamates (subject to hydrolysis) is 1. The summed E-state index contributed by atoms with van der Waals surface area (Å²) in [4.78, 5) is 39.8. The van der Waals surface area contributed by atoms with Crippen LogP contribution in [0.15, 0.2) is 0 Å². The molecule has 0 fully saturated rings. The minimum atomic E-state index is -0.730. The Bertz CT molecular complexity index is 863. The molecule has 2 amide bonds. The number of hydrogen-bond donors (Lipinski definition) is 1. The van der Waals surface area contributed by atoms with Gasteiger partial charge in [-0.25, -0.2) is 14.8 Å². The van der Waals surface area contributed by atoms with E-state index in [1.807, 2.05) is 11.8 Å². The number of anilines is 1. The van der Waals surface area contributed by atoms with Gasteiger partial charge < -0.3 is 9.64 Å². The Balaban J connectivity index is 2.41. The highest BCUT2D eigenvalue weighted by molar-refractivity contribution is 7.18. The van der Waals surface area contributed by atoms with Crippen LogP contribution in [0, 0.1) is 13.8 Å². The molecule has 0 unspecified atom stereocenters. The highest BCUT2D eigenvalue weighted by Gasteiger charge is 2.21. The predicted octanol–water partition coefficient (Wildman–Crippen LogP) is 3.25. The van der Waals surface area contributed by atoms with Crippen molar-refractivity contribution in [2.45, 2.75) is 48.1 Å². The lowest BCUT2D eigenvalue weighted by atomic mass is 10.2. The third kappa shape index (κ3) is 5.63. The minimum absolute atomic E-state index is 0.0144. The Morgan fingerprint density at radius 2 is 1.76 bits per heavy atom. The molecule has 0 spiro atoms. The summed E-state index contributed by atoms with van der Waals surface area (Å²) in [5, 5.41) is 3.23. The van der Waals surface area contributed by atoms with E-state index in [0.29, 0.717) is 13.1 Å². The van der Waals surface area contributed by atoms with E-state index >= 15 is 0 Å². The third-order valence-electron chi connectivity index (χ3n) is 4.85. The summed E-state index contributed by atoms with van der Waals surface area (Å²) in [6, 6.07) is 0. The van der Waals surface area contributed by atoms with Crippen molar-refractivity contribution in [2.24, 2.45) is 0 Å². The number of aryl methyl sites for hydroxylation is 2. The fraction of sp³-hybridized carbons (Fsp3) is 0.600. The van der Waals surface area contributed by atoms with E-state index in [2.05, 4.69) is 37.9 Å². The second kappa shape index (κ2) is 10.5. The molecule has 29 heavy (non-hydrogen) atoms. The summed E-state index contributed by atoms with van der Waals surface area (Å²) in [6.45, 7) is 15.3. The van der Waals surface area contributed by atoms with E-state index in [1.165, 1.54) is 4.88 Å². The first-order valence-corrected chi connectivity index (χ1v) is 10.9. The van der Waals surface area contributed by atoms with Gasteiger partial charge in [0.1, 0.15) is 16.5 Å². The number of fused-ring (bicyclic) bond motifs is 1. The van der Waals surface area contributed by atoms with Crippen LogP contribution in [0.25, 0.3) is 10.2 Å². The average molecular weight is 422 g/mol. The van der Waals surface area contributed by atoms with Crippen LogP contribution in [0.5, 0.6) is 0 Å². The number of rotatable bonds is 9. The van der Waals surface area contributed by atoms with Gasteiger partial charge in [-0.15, -0.1) is 11.3 Å². The quantitative estimate of drug-likeness (QED) is 0.665. The highest BCUT2D eigenvalue weighted by Crippen LogP contribution is 2.35. The molecule has 0 aliphatic heterocycles. The molecule has 2 heterocycles. The van der Waals surface area contributed by atoms with Gasteiger partial charge in [-0.05, 0) is 46.3 Å². The lowest BCUT2D eigenvalue weighted by Gasteiger charge is -2.24. The molecule has 0 bridgehead atoms. The Kier molecular flexibility index (Phi) is 8.33. The Morgan fingerprint density at radius 3 is 2.34 bits per heavy atom. The van der Waals surface area contributed by atoms with E-state index in [-0.39, 0.29) is 13.2 Å². The lowest BCUT2D eigenvalue weighted by Crippen LogP contribution is -2.40. The minimum Gasteiger partial charge on any atom is -0.450 e. The standard InChI is InChI=1S/C20H31N5O3S/c1-7-24(8-2)11-15-21-18(17-13(5)14(6)29-19(17)22-15)25(9-3)12-16(26)23-20(27)28-10-4/h7-12H2,1-6H3,(H,23,26,27). The summed E-state index contributed by atoms with van der Waals surface area (Å²) in [6.07, 6.45) is -0.730. The van der Waals surface area contributed by atoms with Crippen molar-refractivity contribution in [3.8, 4) is 0 Å².